The lowest BCUT2D eigenvalue weighted by Gasteiger charge is -2.03. The Bertz CT molecular complexity index is 208. The van der Waals surface area contributed by atoms with E-state index in [1.165, 1.54) is 0 Å². The highest BCUT2D eigenvalue weighted by atomic mass is 16.2. The standard InChI is InChI=1S/C9H14N2O2/c12-8(10-6-1-2-6)5-9(13)11-7-3-4-7/h6-7H,1-5H2,(H,10,12)(H,11,13). The molecule has 0 aromatic rings. The molecule has 4 heteroatoms. The van der Waals surface area contributed by atoms with Gasteiger partial charge in [0, 0.05) is 12.1 Å². The number of carbonyl (C=O) groups excluding carboxylic acids is 2. The molecule has 2 aliphatic carbocycles. The highest BCUT2D eigenvalue weighted by molar-refractivity contribution is 5.97. The fourth-order valence-electron chi connectivity index (χ4n) is 1.16. The van der Waals surface area contributed by atoms with Crippen LogP contribution in [-0.2, 0) is 9.59 Å². The summed E-state index contributed by atoms with van der Waals surface area (Å²) >= 11 is 0. The maximum atomic E-state index is 11.1. The van der Waals surface area contributed by atoms with Gasteiger partial charge in [0.1, 0.15) is 6.42 Å². The second-order valence-electron chi connectivity index (χ2n) is 3.86. The predicted octanol–water partition coefficient (Wildman–Crippen LogP) is -0.0663. The van der Waals surface area contributed by atoms with Crippen LogP contribution < -0.4 is 10.6 Å². The first kappa shape index (κ1) is 8.53. The van der Waals surface area contributed by atoms with Crippen LogP contribution in [0.1, 0.15) is 32.1 Å². The van der Waals surface area contributed by atoms with Gasteiger partial charge in [-0.2, -0.15) is 0 Å². The third-order valence-corrected chi connectivity index (χ3v) is 2.21. The predicted molar refractivity (Wildman–Crippen MR) is 46.9 cm³/mol. The summed E-state index contributed by atoms with van der Waals surface area (Å²) in [6.45, 7) is 0. The molecule has 2 amide bonds. The molecule has 13 heavy (non-hydrogen) atoms. The van der Waals surface area contributed by atoms with E-state index in [2.05, 4.69) is 10.6 Å². The summed E-state index contributed by atoms with van der Waals surface area (Å²) in [5, 5.41) is 5.56. The number of nitrogens with one attached hydrogen (secondary N) is 2. The molecule has 0 atom stereocenters. The van der Waals surface area contributed by atoms with Gasteiger partial charge in [-0.25, -0.2) is 0 Å². The molecular weight excluding hydrogens is 168 g/mol. The molecule has 2 rings (SSSR count). The molecular formula is C9H14N2O2. The quantitative estimate of drug-likeness (QED) is 0.598. The van der Waals surface area contributed by atoms with Crippen LogP contribution in [0.3, 0.4) is 0 Å². The Labute approximate surface area is 77.1 Å². The first-order valence-corrected chi connectivity index (χ1v) is 4.83. The zero-order chi connectivity index (χ0) is 9.26. The molecule has 0 heterocycles. The molecule has 72 valence electrons. The fourth-order valence-corrected chi connectivity index (χ4v) is 1.16. The summed E-state index contributed by atoms with van der Waals surface area (Å²) < 4.78 is 0. The molecule has 2 saturated carbocycles. The monoisotopic (exact) mass is 182 g/mol. The fraction of sp³-hybridized carbons (Fsp3) is 0.778. The van der Waals surface area contributed by atoms with Crippen molar-refractivity contribution in [3.63, 3.8) is 0 Å². The van der Waals surface area contributed by atoms with Gasteiger partial charge in [-0.1, -0.05) is 0 Å². The number of rotatable bonds is 4. The second kappa shape index (κ2) is 3.36. The van der Waals surface area contributed by atoms with Crippen LogP contribution in [0.4, 0.5) is 0 Å². The van der Waals surface area contributed by atoms with Crippen molar-refractivity contribution in [3.8, 4) is 0 Å². The van der Waals surface area contributed by atoms with Crippen LogP contribution in [0.5, 0.6) is 0 Å². The van der Waals surface area contributed by atoms with Crippen molar-refractivity contribution in [2.75, 3.05) is 0 Å². The minimum atomic E-state index is -0.138. The van der Waals surface area contributed by atoms with Crippen LogP contribution in [0.2, 0.25) is 0 Å². The van der Waals surface area contributed by atoms with Gasteiger partial charge in [-0.15, -0.1) is 0 Å². The van der Waals surface area contributed by atoms with Crippen LogP contribution in [-0.4, -0.2) is 23.9 Å². The second-order valence-corrected chi connectivity index (χ2v) is 3.86. The number of carbonyl (C=O) groups is 2. The molecule has 0 bridgehead atoms. The van der Waals surface area contributed by atoms with Crippen molar-refractivity contribution >= 4 is 11.8 Å². The van der Waals surface area contributed by atoms with Gasteiger partial charge in [0.15, 0.2) is 0 Å². The van der Waals surface area contributed by atoms with Crippen molar-refractivity contribution < 1.29 is 9.59 Å². The van der Waals surface area contributed by atoms with E-state index in [9.17, 15) is 9.59 Å². The van der Waals surface area contributed by atoms with Crippen LogP contribution in [0.25, 0.3) is 0 Å². The highest BCUT2D eigenvalue weighted by Gasteiger charge is 2.26. The Balaban J connectivity index is 1.62. The minimum absolute atomic E-state index is 0.00694. The van der Waals surface area contributed by atoms with Gasteiger partial charge in [0.25, 0.3) is 0 Å². The number of hydrogen-bond donors (Lipinski definition) is 2. The summed E-state index contributed by atoms with van der Waals surface area (Å²) in [6, 6.07) is 0.697. The number of amides is 2. The molecule has 0 unspecified atom stereocenters. The molecule has 0 radical (unpaired) electrons. The Hall–Kier alpha value is -1.06. The Kier molecular flexibility index (Phi) is 2.20. The lowest BCUT2D eigenvalue weighted by molar-refractivity contribution is -0.129. The number of hydrogen-bond acceptors (Lipinski definition) is 2. The summed E-state index contributed by atoms with van der Waals surface area (Å²) in [4.78, 5) is 22.3. The van der Waals surface area contributed by atoms with Crippen molar-refractivity contribution in [2.45, 2.75) is 44.2 Å². The Morgan fingerprint density at radius 1 is 0.923 bits per heavy atom. The van der Waals surface area contributed by atoms with E-state index in [4.69, 9.17) is 0 Å². The third kappa shape index (κ3) is 3.05. The first-order valence-electron chi connectivity index (χ1n) is 4.83. The third-order valence-electron chi connectivity index (χ3n) is 2.21. The summed E-state index contributed by atoms with van der Waals surface area (Å²) in [5.74, 6) is -0.277. The van der Waals surface area contributed by atoms with Crippen LogP contribution in [0.15, 0.2) is 0 Å². The zero-order valence-electron chi connectivity index (χ0n) is 7.51. The average molecular weight is 182 g/mol. The smallest absolute Gasteiger partial charge is 0.229 e. The van der Waals surface area contributed by atoms with E-state index in [1.54, 1.807) is 0 Å². The summed E-state index contributed by atoms with van der Waals surface area (Å²) in [6.07, 6.45) is 4.25. The van der Waals surface area contributed by atoms with E-state index >= 15 is 0 Å². The van der Waals surface area contributed by atoms with Crippen LogP contribution in [0, 0.1) is 0 Å². The first-order chi connectivity index (χ1) is 6.24. The van der Waals surface area contributed by atoms with E-state index < -0.39 is 0 Å². The molecule has 2 N–H and O–H groups in total. The lowest BCUT2D eigenvalue weighted by atomic mass is 10.3. The van der Waals surface area contributed by atoms with E-state index in [0.29, 0.717) is 12.1 Å². The van der Waals surface area contributed by atoms with Crippen molar-refractivity contribution in [1.82, 2.24) is 10.6 Å². The molecule has 4 nitrogen and oxygen atoms in total. The normalized spacial score (nSPS) is 20.9. The molecule has 2 aliphatic rings. The Morgan fingerprint density at radius 2 is 1.31 bits per heavy atom. The van der Waals surface area contributed by atoms with Crippen LogP contribution >= 0.6 is 0 Å². The Morgan fingerprint density at radius 3 is 1.62 bits per heavy atom. The topological polar surface area (TPSA) is 58.2 Å². The van der Waals surface area contributed by atoms with Gasteiger partial charge in [0.05, 0.1) is 0 Å². The summed E-state index contributed by atoms with van der Waals surface area (Å²) in [7, 11) is 0. The van der Waals surface area contributed by atoms with Crippen molar-refractivity contribution in [3.05, 3.63) is 0 Å². The lowest BCUT2D eigenvalue weighted by Crippen LogP contribution is -2.33. The van der Waals surface area contributed by atoms with E-state index in [0.717, 1.165) is 25.7 Å². The zero-order valence-corrected chi connectivity index (χ0v) is 7.51. The van der Waals surface area contributed by atoms with Crippen molar-refractivity contribution in [2.24, 2.45) is 0 Å². The summed E-state index contributed by atoms with van der Waals surface area (Å²) in [5.41, 5.74) is 0. The van der Waals surface area contributed by atoms with Gasteiger partial charge >= 0.3 is 0 Å². The highest BCUT2D eigenvalue weighted by Crippen LogP contribution is 2.19. The average Bonchev–Trinajstić information content (AvgIpc) is 2.81. The van der Waals surface area contributed by atoms with Gasteiger partial charge in [0.2, 0.25) is 11.8 Å². The molecule has 2 fully saturated rings. The maximum absolute atomic E-state index is 11.1. The molecule has 0 aromatic carbocycles. The van der Waals surface area contributed by atoms with E-state index in [1.807, 2.05) is 0 Å². The van der Waals surface area contributed by atoms with E-state index in [-0.39, 0.29) is 18.2 Å². The van der Waals surface area contributed by atoms with Gasteiger partial charge < -0.3 is 10.6 Å². The maximum Gasteiger partial charge on any atom is 0.229 e. The van der Waals surface area contributed by atoms with Crippen molar-refractivity contribution in [1.29, 1.82) is 0 Å². The minimum Gasteiger partial charge on any atom is -0.353 e. The van der Waals surface area contributed by atoms with Gasteiger partial charge in [-0.3, -0.25) is 9.59 Å². The largest absolute Gasteiger partial charge is 0.353 e. The molecule has 0 spiro atoms. The SMILES string of the molecule is O=C(CC(=O)NC1CC1)NC1CC1. The molecule has 0 aromatic heterocycles. The molecule has 0 saturated heterocycles. The van der Waals surface area contributed by atoms with Gasteiger partial charge in [-0.05, 0) is 25.7 Å². The molecule has 0 aliphatic heterocycles.